The average molecular weight is 439 g/mol. The summed E-state index contributed by atoms with van der Waals surface area (Å²) >= 11 is 1.64. The second-order valence-electron chi connectivity index (χ2n) is 6.98. The van der Waals surface area contributed by atoms with Gasteiger partial charge in [0.25, 0.3) is 0 Å². The maximum atomic E-state index is 12.3. The SMILES string of the molecule is COc1cc2c(cc1OC)[C@H](c1cccs1)N(CCS(=O)(=O)CCC(N)=O)CC2. The normalized spacial score (nSPS) is 17.0. The maximum Gasteiger partial charge on any atom is 0.218 e. The number of carbonyl (C=O) groups is 1. The van der Waals surface area contributed by atoms with Crippen LogP contribution >= 0.6 is 11.3 Å². The van der Waals surface area contributed by atoms with Gasteiger partial charge in [-0.15, -0.1) is 11.3 Å². The minimum absolute atomic E-state index is 0.00915. The van der Waals surface area contributed by atoms with Gasteiger partial charge in [-0.2, -0.15) is 0 Å². The van der Waals surface area contributed by atoms with Crippen LogP contribution in [0, 0.1) is 0 Å². The Labute approximate surface area is 175 Å². The molecule has 9 heteroatoms. The first-order chi connectivity index (χ1) is 13.8. The molecular formula is C20H26N2O5S2. The molecule has 0 fully saturated rings. The van der Waals surface area contributed by atoms with Crippen LogP contribution in [-0.2, 0) is 21.1 Å². The molecule has 29 heavy (non-hydrogen) atoms. The first kappa shape index (κ1) is 21.6. The molecule has 0 spiro atoms. The lowest BCUT2D eigenvalue weighted by molar-refractivity contribution is -0.117. The number of rotatable bonds is 9. The van der Waals surface area contributed by atoms with E-state index in [1.165, 1.54) is 5.56 Å². The Hall–Kier alpha value is -2.10. The van der Waals surface area contributed by atoms with Crippen molar-refractivity contribution in [2.45, 2.75) is 18.9 Å². The number of primary amides is 1. The van der Waals surface area contributed by atoms with E-state index in [9.17, 15) is 13.2 Å². The average Bonchev–Trinajstić information content (AvgIpc) is 3.23. The molecule has 2 N–H and O–H groups in total. The first-order valence-corrected chi connectivity index (χ1v) is 12.1. The summed E-state index contributed by atoms with van der Waals surface area (Å²) in [6.07, 6.45) is 0.648. The first-order valence-electron chi connectivity index (χ1n) is 9.35. The summed E-state index contributed by atoms with van der Waals surface area (Å²) in [6, 6.07) is 8.01. The number of sulfone groups is 1. The Bertz CT molecular complexity index is 958. The molecule has 7 nitrogen and oxygen atoms in total. The molecule has 2 heterocycles. The van der Waals surface area contributed by atoms with Crippen molar-refractivity contribution < 1.29 is 22.7 Å². The second-order valence-corrected chi connectivity index (χ2v) is 10.3. The van der Waals surface area contributed by atoms with Crippen molar-refractivity contribution in [1.29, 1.82) is 0 Å². The number of nitrogens with two attached hydrogens (primary N) is 1. The molecule has 0 saturated heterocycles. The monoisotopic (exact) mass is 438 g/mol. The van der Waals surface area contributed by atoms with E-state index >= 15 is 0 Å². The zero-order valence-corrected chi connectivity index (χ0v) is 18.2. The third kappa shape index (κ3) is 5.09. The van der Waals surface area contributed by atoms with Gasteiger partial charge >= 0.3 is 0 Å². The minimum Gasteiger partial charge on any atom is -0.493 e. The van der Waals surface area contributed by atoms with Gasteiger partial charge in [-0.1, -0.05) is 6.07 Å². The van der Waals surface area contributed by atoms with Crippen molar-refractivity contribution in [2.75, 3.05) is 38.8 Å². The van der Waals surface area contributed by atoms with E-state index in [2.05, 4.69) is 11.0 Å². The van der Waals surface area contributed by atoms with Crippen LogP contribution in [0.15, 0.2) is 29.6 Å². The predicted molar refractivity (Wildman–Crippen MR) is 113 cm³/mol. The molecule has 3 rings (SSSR count). The van der Waals surface area contributed by atoms with Gasteiger partial charge in [-0.3, -0.25) is 9.69 Å². The summed E-state index contributed by atoms with van der Waals surface area (Å²) in [5.41, 5.74) is 7.37. The Morgan fingerprint density at radius 2 is 1.97 bits per heavy atom. The van der Waals surface area contributed by atoms with E-state index in [1.807, 2.05) is 23.6 Å². The molecule has 1 aliphatic rings. The van der Waals surface area contributed by atoms with Crippen molar-refractivity contribution >= 4 is 27.1 Å². The van der Waals surface area contributed by atoms with Crippen molar-refractivity contribution in [3.63, 3.8) is 0 Å². The van der Waals surface area contributed by atoms with Gasteiger partial charge in [0.1, 0.15) is 0 Å². The highest BCUT2D eigenvalue weighted by Crippen LogP contribution is 2.42. The van der Waals surface area contributed by atoms with E-state index < -0.39 is 15.7 Å². The molecule has 1 atom stereocenters. The summed E-state index contributed by atoms with van der Waals surface area (Å²) in [7, 11) is -0.127. The van der Waals surface area contributed by atoms with Crippen LogP contribution in [0.5, 0.6) is 11.5 Å². The van der Waals surface area contributed by atoms with Gasteiger partial charge in [-0.25, -0.2) is 8.42 Å². The standard InChI is InChI=1S/C20H26N2O5S2/c1-26-16-12-14-5-7-22(8-11-29(24,25)10-6-19(21)23)20(18-4-3-9-28-18)15(14)13-17(16)27-2/h3-4,9,12-13,20H,5-8,10-11H2,1-2H3,(H2,21,23)/t20-/m1/s1. The van der Waals surface area contributed by atoms with E-state index in [-0.39, 0.29) is 24.0 Å². The van der Waals surface area contributed by atoms with Crippen molar-refractivity contribution in [3.8, 4) is 11.5 Å². The summed E-state index contributed by atoms with van der Waals surface area (Å²) in [5, 5.41) is 2.02. The number of fused-ring (bicyclic) bond motifs is 1. The molecule has 0 radical (unpaired) electrons. The molecule has 1 aromatic heterocycles. The lowest BCUT2D eigenvalue weighted by atomic mass is 9.91. The number of amides is 1. The third-order valence-electron chi connectivity index (χ3n) is 5.14. The molecule has 0 unspecified atom stereocenters. The number of hydrogen-bond acceptors (Lipinski definition) is 7. The molecule has 0 saturated carbocycles. The molecule has 0 bridgehead atoms. The van der Waals surface area contributed by atoms with Crippen LogP contribution in [0.25, 0.3) is 0 Å². The fourth-order valence-electron chi connectivity index (χ4n) is 3.63. The predicted octanol–water partition coefficient (Wildman–Crippen LogP) is 2.00. The zero-order valence-electron chi connectivity index (χ0n) is 16.6. The smallest absolute Gasteiger partial charge is 0.218 e. The van der Waals surface area contributed by atoms with E-state index in [1.54, 1.807) is 25.6 Å². The highest BCUT2D eigenvalue weighted by atomic mass is 32.2. The Kier molecular flexibility index (Phi) is 6.81. The number of carbonyl (C=O) groups excluding carboxylic acids is 1. The van der Waals surface area contributed by atoms with E-state index in [0.717, 1.165) is 23.4 Å². The molecule has 1 amide bonds. The van der Waals surface area contributed by atoms with Gasteiger partial charge in [0.15, 0.2) is 21.3 Å². The fourth-order valence-corrected chi connectivity index (χ4v) is 5.74. The maximum absolute atomic E-state index is 12.3. The number of methoxy groups -OCH3 is 2. The van der Waals surface area contributed by atoms with Gasteiger partial charge in [0, 0.05) is 24.4 Å². The van der Waals surface area contributed by atoms with Crippen molar-refractivity contribution in [2.24, 2.45) is 5.73 Å². The van der Waals surface area contributed by atoms with Crippen LogP contribution < -0.4 is 15.2 Å². The number of thiophene rings is 1. The number of ether oxygens (including phenoxy) is 2. The molecule has 1 aromatic carbocycles. The Balaban J connectivity index is 1.88. The van der Waals surface area contributed by atoms with Gasteiger partial charge < -0.3 is 15.2 Å². The molecule has 158 valence electrons. The Morgan fingerprint density at radius 3 is 2.59 bits per heavy atom. The van der Waals surface area contributed by atoms with Crippen molar-refractivity contribution in [3.05, 3.63) is 45.6 Å². The highest BCUT2D eigenvalue weighted by Gasteiger charge is 2.31. The minimum atomic E-state index is -3.35. The Morgan fingerprint density at radius 1 is 1.24 bits per heavy atom. The fraction of sp³-hybridized carbons (Fsp3) is 0.450. The summed E-state index contributed by atoms with van der Waals surface area (Å²) in [4.78, 5) is 14.3. The molecule has 2 aromatic rings. The second kappa shape index (κ2) is 9.15. The number of hydrogen-bond donors (Lipinski definition) is 1. The quantitative estimate of drug-likeness (QED) is 0.643. The number of nitrogens with zero attached hydrogens (tertiary/aromatic N) is 1. The summed E-state index contributed by atoms with van der Waals surface area (Å²) < 4.78 is 35.6. The molecule has 1 aliphatic heterocycles. The van der Waals surface area contributed by atoms with Crippen LogP contribution in [-0.4, -0.2) is 58.0 Å². The summed E-state index contributed by atoms with van der Waals surface area (Å²) in [6.45, 7) is 1.12. The lowest BCUT2D eigenvalue weighted by Crippen LogP contribution is -2.39. The van der Waals surface area contributed by atoms with Gasteiger partial charge in [0.05, 0.1) is 31.8 Å². The van der Waals surface area contributed by atoms with Crippen LogP contribution in [0.3, 0.4) is 0 Å². The largest absolute Gasteiger partial charge is 0.493 e. The summed E-state index contributed by atoms with van der Waals surface area (Å²) in [5.74, 6) is 0.534. The topological polar surface area (TPSA) is 98.9 Å². The lowest BCUT2D eigenvalue weighted by Gasteiger charge is -2.37. The highest BCUT2D eigenvalue weighted by molar-refractivity contribution is 7.91. The molecular weight excluding hydrogens is 412 g/mol. The van der Waals surface area contributed by atoms with E-state index in [0.29, 0.717) is 18.0 Å². The van der Waals surface area contributed by atoms with Crippen LogP contribution in [0.4, 0.5) is 0 Å². The van der Waals surface area contributed by atoms with Crippen LogP contribution in [0.1, 0.15) is 28.5 Å². The van der Waals surface area contributed by atoms with Gasteiger partial charge in [0.2, 0.25) is 5.91 Å². The van der Waals surface area contributed by atoms with Gasteiger partial charge in [-0.05, 0) is 41.1 Å². The zero-order chi connectivity index (χ0) is 21.0. The number of benzene rings is 1. The van der Waals surface area contributed by atoms with Crippen molar-refractivity contribution in [1.82, 2.24) is 4.90 Å². The van der Waals surface area contributed by atoms with Crippen LogP contribution in [0.2, 0.25) is 0 Å². The molecule has 0 aliphatic carbocycles. The van der Waals surface area contributed by atoms with E-state index in [4.69, 9.17) is 15.2 Å². The third-order valence-corrected chi connectivity index (χ3v) is 7.69.